The largest absolute Gasteiger partial charge is 0.481 e. The molecule has 0 aliphatic heterocycles. The van der Waals surface area contributed by atoms with Crippen molar-refractivity contribution in [2.24, 2.45) is 0 Å². The van der Waals surface area contributed by atoms with Crippen molar-refractivity contribution in [1.82, 2.24) is 10.3 Å². The van der Waals surface area contributed by atoms with Crippen molar-refractivity contribution in [3.8, 4) is 5.88 Å². The van der Waals surface area contributed by atoms with Gasteiger partial charge < -0.3 is 10.1 Å². The number of hydrogen-bond acceptors (Lipinski definition) is 5. The highest BCUT2D eigenvalue weighted by atomic mass is 79.9. The Morgan fingerprint density at radius 3 is 2.86 bits per heavy atom. The van der Waals surface area contributed by atoms with Crippen LogP contribution in [0.2, 0.25) is 0 Å². The van der Waals surface area contributed by atoms with E-state index in [4.69, 9.17) is 4.74 Å². The maximum atomic E-state index is 11.0. The summed E-state index contributed by atoms with van der Waals surface area (Å²) in [5.41, 5.74) is 1.75. The zero-order valence-electron chi connectivity index (χ0n) is 11.4. The van der Waals surface area contributed by atoms with E-state index in [1.807, 2.05) is 12.1 Å². The smallest absolute Gasteiger partial charge is 0.275 e. The first kappa shape index (κ1) is 15.4. The van der Waals surface area contributed by atoms with E-state index in [1.165, 1.54) is 6.07 Å². The first-order valence-electron chi connectivity index (χ1n) is 6.22. The molecular weight excluding hydrogens is 338 g/mol. The molecule has 7 heteroatoms. The monoisotopic (exact) mass is 351 g/mol. The number of benzene rings is 1. The summed E-state index contributed by atoms with van der Waals surface area (Å²) >= 11 is 3.24. The van der Waals surface area contributed by atoms with E-state index < -0.39 is 0 Å². The molecule has 2 rings (SSSR count). The summed E-state index contributed by atoms with van der Waals surface area (Å²) in [7, 11) is 1.56. The van der Waals surface area contributed by atoms with Crippen molar-refractivity contribution in [2.45, 2.75) is 13.1 Å². The predicted octanol–water partition coefficient (Wildman–Crippen LogP) is 3.05. The fourth-order valence-electron chi connectivity index (χ4n) is 1.87. The lowest BCUT2D eigenvalue weighted by Gasteiger charge is -2.07. The molecule has 1 heterocycles. The Bertz CT molecular complexity index is 649. The Labute approximate surface area is 130 Å². The van der Waals surface area contributed by atoms with E-state index in [9.17, 15) is 10.1 Å². The minimum absolute atomic E-state index is 0.101. The molecule has 2 aromatic rings. The van der Waals surface area contributed by atoms with Crippen molar-refractivity contribution >= 4 is 21.6 Å². The molecule has 0 bridgehead atoms. The molecule has 0 saturated heterocycles. The third kappa shape index (κ3) is 4.24. The lowest BCUT2D eigenvalue weighted by atomic mass is 10.1. The minimum atomic E-state index is -0.378. The second-order valence-electron chi connectivity index (χ2n) is 4.34. The summed E-state index contributed by atoms with van der Waals surface area (Å²) in [5.74, 6) is 0.545. The first-order valence-corrected chi connectivity index (χ1v) is 7.02. The van der Waals surface area contributed by atoms with Gasteiger partial charge in [0.15, 0.2) is 0 Å². The van der Waals surface area contributed by atoms with E-state index in [0.717, 1.165) is 5.56 Å². The van der Waals surface area contributed by atoms with Gasteiger partial charge in [-0.15, -0.1) is 0 Å². The van der Waals surface area contributed by atoms with Gasteiger partial charge in [-0.05, 0) is 23.8 Å². The van der Waals surface area contributed by atoms with Crippen LogP contribution in [0.3, 0.4) is 0 Å². The molecule has 0 amide bonds. The number of halogens is 1. The summed E-state index contributed by atoms with van der Waals surface area (Å²) in [6.07, 6.45) is 1.66. The van der Waals surface area contributed by atoms with Crippen LogP contribution in [0.5, 0.6) is 5.88 Å². The van der Waals surface area contributed by atoms with Crippen LogP contribution >= 0.6 is 15.9 Å². The van der Waals surface area contributed by atoms with Crippen molar-refractivity contribution in [3.05, 3.63) is 62.2 Å². The fraction of sp³-hybridized carbons (Fsp3) is 0.214. The second kappa shape index (κ2) is 7.14. The van der Waals surface area contributed by atoms with Gasteiger partial charge in [0.2, 0.25) is 5.88 Å². The van der Waals surface area contributed by atoms with Crippen LogP contribution in [-0.2, 0) is 13.1 Å². The van der Waals surface area contributed by atoms with Crippen LogP contribution in [0.25, 0.3) is 0 Å². The van der Waals surface area contributed by atoms with Crippen LogP contribution in [0.15, 0.2) is 41.0 Å². The summed E-state index contributed by atoms with van der Waals surface area (Å²) in [6.45, 7) is 0.986. The Morgan fingerprint density at radius 1 is 1.33 bits per heavy atom. The molecule has 0 fully saturated rings. The number of hydrogen-bond donors (Lipinski definition) is 1. The van der Waals surface area contributed by atoms with Gasteiger partial charge in [0, 0.05) is 41.5 Å². The van der Waals surface area contributed by atoms with E-state index in [-0.39, 0.29) is 10.6 Å². The molecule has 6 nitrogen and oxygen atoms in total. The zero-order valence-corrected chi connectivity index (χ0v) is 13.0. The van der Waals surface area contributed by atoms with Crippen LogP contribution < -0.4 is 10.1 Å². The molecule has 1 aromatic carbocycles. The summed E-state index contributed by atoms with van der Waals surface area (Å²) in [5, 5.41) is 14.2. The number of nitro benzene ring substituents is 1. The number of rotatable bonds is 6. The highest BCUT2D eigenvalue weighted by Gasteiger charge is 2.13. The van der Waals surface area contributed by atoms with E-state index in [2.05, 4.69) is 26.2 Å². The lowest BCUT2D eigenvalue weighted by molar-refractivity contribution is -0.385. The number of nitrogens with one attached hydrogen (secondary N) is 1. The van der Waals surface area contributed by atoms with E-state index in [0.29, 0.717) is 29.0 Å². The highest BCUT2D eigenvalue weighted by Crippen LogP contribution is 2.23. The normalized spacial score (nSPS) is 10.4. The maximum absolute atomic E-state index is 11.0. The Hall–Kier alpha value is -1.99. The molecule has 1 N–H and O–H groups in total. The quantitative estimate of drug-likeness (QED) is 0.639. The fourth-order valence-corrected chi connectivity index (χ4v) is 2.22. The van der Waals surface area contributed by atoms with Gasteiger partial charge in [-0.25, -0.2) is 4.98 Å². The molecule has 110 valence electrons. The molecule has 0 aliphatic carbocycles. The molecule has 0 radical (unpaired) electrons. The van der Waals surface area contributed by atoms with Crippen LogP contribution in [-0.4, -0.2) is 17.0 Å². The van der Waals surface area contributed by atoms with Gasteiger partial charge in [0.1, 0.15) is 0 Å². The Morgan fingerprint density at radius 2 is 2.14 bits per heavy atom. The lowest BCUT2D eigenvalue weighted by Crippen LogP contribution is -2.14. The molecule has 0 aliphatic rings. The van der Waals surface area contributed by atoms with Crippen molar-refractivity contribution < 1.29 is 9.66 Å². The van der Waals surface area contributed by atoms with Gasteiger partial charge in [0.25, 0.3) is 5.69 Å². The summed E-state index contributed by atoms with van der Waals surface area (Å²) in [4.78, 5) is 14.7. The number of nitrogens with zero attached hydrogens (tertiary/aromatic N) is 2. The van der Waals surface area contributed by atoms with Crippen LogP contribution in [0, 0.1) is 10.1 Å². The highest BCUT2D eigenvalue weighted by molar-refractivity contribution is 9.10. The first-order chi connectivity index (χ1) is 10.1. The Kier molecular flexibility index (Phi) is 5.24. The average molecular weight is 352 g/mol. The molecule has 0 unspecified atom stereocenters. The van der Waals surface area contributed by atoms with Crippen LogP contribution in [0.4, 0.5) is 5.69 Å². The molecule has 0 atom stereocenters. The van der Waals surface area contributed by atoms with Gasteiger partial charge >= 0.3 is 0 Å². The van der Waals surface area contributed by atoms with Gasteiger partial charge in [0.05, 0.1) is 12.0 Å². The van der Waals surface area contributed by atoms with Crippen molar-refractivity contribution in [2.75, 3.05) is 7.11 Å². The molecule has 0 spiro atoms. The number of ether oxygens (including phenoxy) is 1. The summed E-state index contributed by atoms with van der Waals surface area (Å²) < 4.78 is 5.74. The average Bonchev–Trinajstić information content (AvgIpc) is 2.48. The van der Waals surface area contributed by atoms with Gasteiger partial charge in [-0.2, -0.15) is 0 Å². The number of nitro groups is 1. The third-order valence-corrected chi connectivity index (χ3v) is 3.39. The predicted molar refractivity (Wildman–Crippen MR) is 82.1 cm³/mol. The van der Waals surface area contributed by atoms with Crippen LogP contribution in [0.1, 0.15) is 11.1 Å². The Balaban J connectivity index is 2.01. The maximum Gasteiger partial charge on any atom is 0.275 e. The standard InChI is InChI=1S/C14H14BrN3O3/c1-21-14-6-10(4-5-17-14)8-16-9-11-2-3-12(15)7-13(11)18(19)20/h2-7,16H,8-9H2,1H3. The van der Waals surface area contributed by atoms with E-state index >= 15 is 0 Å². The number of pyridine rings is 1. The molecular formula is C14H14BrN3O3. The summed E-state index contributed by atoms with van der Waals surface area (Å²) in [6, 6.07) is 8.73. The van der Waals surface area contributed by atoms with Gasteiger partial charge in [-0.3, -0.25) is 10.1 Å². The molecule has 1 aromatic heterocycles. The third-order valence-electron chi connectivity index (χ3n) is 2.90. The number of methoxy groups -OCH3 is 1. The molecule has 0 saturated carbocycles. The topological polar surface area (TPSA) is 77.3 Å². The van der Waals surface area contributed by atoms with E-state index in [1.54, 1.807) is 25.4 Å². The van der Waals surface area contributed by atoms with Crippen molar-refractivity contribution in [1.29, 1.82) is 0 Å². The molecule has 21 heavy (non-hydrogen) atoms. The second-order valence-corrected chi connectivity index (χ2v) is 5.26. The zero-order chi connectivity index (χ0) is 15.2. The minimum Gasteiger partial charge on any atom is -0.481 e. The number of aromatic nitrogens is 1. The van der Waals surface area contributed by atoms with Crippen molar-refractivity contribution in [3.63, 3.8) is 0 Å². The van der Waals surface area contributed by atoms with Gasteiger partial charge in [-0.1, -0.05) is 15.9 Å². The SMILES string of the molecule is COc1cc(CNCc2ccc(Br)cc2[N+](=O)[O-])ccn1.